The Labute approximate surface area is 204 Å². The summed E-state index contributed by atoms with van der Waals surface area (Å²) in [7, 11) is 0. The second-order valence-electron chi connectivity index (χ2n) is 8.98. The molecule has 5 N–H and O–H groups in total. The van der Waals surface area contributed by atoms with Crippen LogP contribution in [0.15, 0.2) is 47.9 Å². The van der Waals surface area contributed by atoms with Crippen LogP contribution in [0.4, 0.5) is 11.6 Å². The number of nitrogens with one attached hydrogen (secondary N) is 1. The third kappa shape index (κ3) is 6.15. The lowest BCUT2D eigenvalue weighted by atomic mass is 9.99. The fourth-order valence-corrected chi connectivity index (χ4v) is 3.82. The summed E-state index contributed by atoms with van der Waals surface area (Å²) in [6.45, 7) is 7.27. The molecule has 1 aliphatic rings. The number of aromatic nitrogens is 4. The molecule has 3 aromatic heterocycles. The van der Waals surface area contributed by atoms with E-state index in [-0.39, 0.29) is 11.8 Å². The summed E-state index contributed by atoms with van der Waals surface area (Å²) < 4.78 is 0. The van der Waals surface area contributed by atoms with Gasteiger partial charge in [0.25, 0.3) is 0 Å². The van der Waals surface area contributed by atoms with Crippen LogP contribution in [0, 0.1) is 5.92 Å². The van der Waals surface area contributed by atoms with Gasteiger partial charge < -0.3 is 21.7 Å². The maximum atomic E-state index is 11.1. The van der Waals surface area contributed by atoms with E-state index in [1.807, 2.05) is 24.3 Å². The number of likely N-dealkylation sites (tertiary alicyclic amines) is 1. The molecule has 1 amide bonds. The minimum absolute atomic E-state index is 0.00635. The van der Waals surface area contributed by atoms with Crippen molar-refractivity contribution in [1.29, 1.82) is 0 Å². The Hall–Kier alpha value is -3.92. The fraction of sp³-hybridized carbons (Fsp3) is 0.360. The maximum Gasteiger partial charge on any atom is 0.223 e. The van der Waals surface area contributed by atoms with Gasteiger partial charge in [0.1, 0.15) is 5.82 Å². The van der Waals surface area contributed by atoms with E-state index in [0.717, 1.165) is 53.8 Å². The van der Waals surface area contributed by atoms with Crippen LogP contribution in [0.1, 0.15) is 37.3 Å². The van der Waals surface area contributed by atoms with E-state index in [9.17, 15) is 4.79 Å². The van der Waals surface area contributed by atoms with Crippen molar-refractivity contribution in [2.24, 2.45) is 22.4 Å². The van der Waals surface area contributed by atoms with E-state index < -0.39 is 0 Å². The summed E-state index contributed by atoms with van der Waals surface area (Å²) in [5.74, 6) is 1.43. The maximum absolute atomic E-state index is 11.1. The molecule has 0 aliphatic carbocycles. The normalized spacial score (nSPS) is 15.1. The number of rotatable bonds is 10. The molecule has 0 bridgehead atoms. The average molecular weight is 474 g/mol. The largest absolute Gasteiger partial charge is 0.404 e. The summed E-state index contributed by atoms with van der Waals surface area (Å²) >= 11 is 0. The molecule has 10 nitrogen and oxygen atoms in total. The molecule has 0 saturated carbocycles. The number of pyridine rings is 2. The van der Waals surface area contributed by atoms with Crippen LogP contribution in [-0.4, -0.2) is 63.4 Å². The highest BCUT2D eigenvalue weighted by Crippen LogP contribution is 2.22. The molecular formula is C25H31N9O. The van der Waals surface area contributed by atoms with Crippen LogP contribution >= 0.6 is 0 Å². The van der Waals surface area contributed by atoms with Gasteiger partial charge in [-0.3, -0.25) is 14.8 Å². The molecule has 1 fully saturated rings. The van der Waals surface area contributed by atoms with E-state index in [0.29, 0.717) is 24.1 Å². The van der Waals surface area contributed by atoms with E-state index in [2.05, 4.69) is 44.2 Å². The van der Waals surface area contributed by atoms with Gasteiger partial charge in [-0.05, 0) is 48.7 Å². The Bertz CT molecular complexity index is 1250. The molecule has 4 rings (SSSR count). The van der Waals surface area contributed by atoms with E-state index in [4.69, 9.17) is 16.5 Å². The number of nitrogens with two attached hydrogens (primary N) is 2. The molecule has 182 valence electrons. The van der Waals surface area contributed by atoms with Crippen molar-refractivity contribution in [3.05, 3.63) is 54.0 Å². The highest BCUT2D eigenvalue weighted by molar-refractivity contribution is 6.10. The number of aliphatic imine (C=N–C) groups is 1. The summed E-state index contributed by atoms with van der Waals surface area (Å²) in [6.07, 6.45) is 7.72. The zero-order chi connectivity index (χ0) is 24.8. The van der Waals surface area contributed by atoms with Gasteiger partial charge >= 0.3 is 0 Å². The molecule has 0 unspecified atom stereocenters. The van der Waals surface area contributed by atoms with Gasteiger partial charge in [-0.1, -0.05) is 13.8 Å². The first kappa shape index (κ1) is 24.2. The van der Waals surface area contributed by atoms with Crippen LogP contribution in [0.25, 0.3) is 16.6 Å². The van der Waals surface area contributed by atoms with Crippen LogP contribution in [0.3, 0.4) is 0 Å². The van der Waals surface area contributed by atoms with Gasteiger partial charge in [-0.15, -0.1) is 5.10 Å². The summed E-state index contributed by atoms with van der Waals surface area (Å²) in [5, 5.41) is 11.4. The highest BCUT2D eigenvalue weighted by Gasteiger charge is 2.30. The topological polar surface area (TPSA) is 148 Å². The molecule has 1 saturated heterocycles. The quantitative estimate of drug-likeness (QED) is 0.300. The van der Waals surface area contributed by atoms with Crippen molar-refractivity contribution >= 4 is 40.4 Å². The number of amides is 1. The number of hydrogen-bond acceptors (Lipinski definition) is 9. The molecule has 4 heterocycles. The predicted octanol–water partition coefficient (Wildman–Crippen LogP) is 2.46. The number of allylic oxidation sites excluding steroid dienone is 1. The standard InChI is InChI=1S/C25H31N9O/c1-16(2)17-9-24(33-30-13-17)32-23-5-4-21-22(31-23)8-18(12-29-21)19(10-26)11-28-6-3-7-34-14-20(15-34)25(27)35/h4-5,8-13,16,20H,3,6-7,14-15,26H2,1-2H3,(H2,27,35)(H,31,32,33). The number of nitrogens with zero attached hydrogens (tertiary/aromatic N) is 6. The Morgan fingerprint density at radius 2 is 2.06 bits per heavy atom. The first-order valence-electron chi connectivity index (χ1n) is 11.7. The number of hydrogen-bond donors (Lipinski definition) is 3. The SMILES string of the molecule is CC(C)c1cnnc(Nc2ccc3ncc(C(C=NCCCN4CC(C(N)=O)C4)=CN)cc3n2)c1. The Morgan fingerprint density at radius 3 is 2.80 bits per heavy atom. The second-order valence-corrected chi connectivity index (χ2v) is 8.98. The van der Waals surface area contributed by atoms with E-state index in [1.165, 1.54) is 6.20 Å². The summed E-state index contributed by atoms with van der Waals surface area (Å²) in [6, 6.07) is 7.69. The van der Waals surface area contributed by atoms with Crippen LogP contribution in [0.5, 0.6) is 0 Å². The van der Waals surface area contributed by atoms with Gasteiger partial charge in [0.15, 0.2) is 5.82 Å². The first-order valence-corrected chi connectivity index (χ1v) is 11.7. The van der Waals surface area contributed by atoms with Crippen LogP contribution in [0.2, 0.25) is 0 Å². The number of primary amides is 1. The fourth-order valence-electron chi connectivity index (χ4n) is 3.82. The Kier molecular flexibility index (Phi) is 7.61. The first-order chi connectivity index (χ1) is 16.9. The average Bonchev–Trinajstić information content (AvgIpc) is 2.82. The molecule has 35 heavy (non-hydrogen) atoms. The predicted molar refractivity (Wildman–Crippen MR) is 138 cm³/mol. The molecule has 3 aromatic rings. The monoisotopic (exact) mass is 473 g/mol. The Balaban J connectivity index is 1.38. The van der Waals surface area contributed by atoms with E-state index in [1.54, 1.807) is 18.6 Å². The lowest BCUT2D eigenvalue weighted by molar-refractivity contribution is -0.126. The van der Waals surface area contributed by atoms with Gasteiger partial charge in [-0.2, -0.15) is 5.10 Å². The number of anilines is 2. The van der Waals surface area contributed by atoms with Gasteiger partial charge in [0.2, 0.25) is 5.91 Å². The smallest absolute Gasteiger partial charge is 0.223 e. The second kappa shape index (κ2) is 11.0. The minimum atomic E-state index is -0.215. The summed E-state index contributed by atoms with van der Waals surface area (Å²) in [4.78, 5) is 27.0. The number of carbonyl (C=O) groups excluding carboxylic acids is 1. The number of fused-ring (bicyclic) bond motifs is 1. The highest BCUT2D eigenvalue weighted by atomic mass is 16.1. The van der Waals surface area contributed by atoms with Crippen molar-refractivity contribution in [3.8, 4) is 0 Å². The molecule has 0 radical (unpaired) electrons. The third-order valence-electron chi connectivity index (χ3n) is 6.00. The molecule has 0 aromatic carbocycles. The van der Waals surface area contributed by atoms with Gasteiger partial charge in [0, 0.05) is 49.4 Å². The zero-order valence-corrected chi connectivity index (χ0v) is 20.1. The van der Waals surface area contributed by atoms with Crippen molar-refractivity contribution < 1.29 is 4.79 Å². The lowest BCUT2D eigenvalue weighted by Gasteiger charge is -2.37. The molecule has 0 spiro atoms. The van der Waals surface area contributed by atoms with Gasteiger partial charge in [-0.25, -0.2) is 4.98 Å². The van der Waals surface area contributed by atoms with Crippen LogP contribution in [-0.2, 0) is 4.79 Å². The van der Waals surface area contributed by atoms with Crippen molar-refractivity contribution in [2.45, 2.75) is 26.2 Å². The van der Waals surface area contributed by atoms with Crippen molar-refractivity contribution in [2.75, 3.05) is 31.5 Å². The molecule has 0 atom stereocenters. The molecule has 10 heteroatoms. The molecule has 1 aliphatic heterocycles. The van der Waals surface area contributed by atoms with Crippen LogP contribution < -0.4 is 16.8 Å². The number of carbonyl (C=O) groups is 1. The molecular weight excluding hydrogens is 442 g/mol. The zero-order valence-electron chi connectivity index (χ0n) is 20.1. The van der Waals surface area contributed by atoms with E-state index >= 15 is 0 Å². The summed E-state index contributed by atoms with van der Waals surface area (Å²) in [5.41, 5.74) is 15.4. The lowest BCUT2D eigenvalue weighted by Crippen LogP contribution is -2.52. The van der Waals surface area contributed by atoms with Crippen molar-refractivity contribution in [1.82, 2.24) is 25.1 Å². The Morgan fingerprint density at radius 1 is 1.23 bits per heavy atom. The van der Waals surface area contributed by atoms with Crippen molar-refractivity contribution in [3.63, 3.8) is 0 Å². The minimum Gasteiger partial charge on any atom is -0.404 e. The third-order valence-corrected chi connectivity index (χ3v) is 6.00. The van der Waals surface area contributed by atoms with Gasteiger partial charge in [0.05, 0.1) is 23.1 Å².